The largest absolute Gasteiger partial charge is 0.386 e. The molecule has 1 atom stereocenters. The van der Waals surface area contributed by atoms with Crippen LogP contribution in [0.15, 0.2) is 0 Å². The molecule has 0 heterocycles. The fourth-order valence-electron chi connectivity index (χ4n) is 0.354. The van der Waals surface area contributed by atoms with Crippen LogP contribution in [-0.4, -0.2) is 0 Å². The zero-order valence-electron chi connectivity index (χ0n) is 5.84. The Morgan fingerprint density at radius 1 is 1.22 bits per heavy atom. The van der Waals surface area contributed by atoms with Crippen molar-refractivity contribution in [3.8, 4) is 0 Å². The van der Waals surface area contributed by atoms with E-state index < -0.39 is 0 Å². The second-order valence-corrected chi connectivity index (χ2v) is 1.57. The molecule has 0 aromatic rings. The molecule has 0 aliphatic heterocycles. The van der Waals surface area contributed by atoms with E-state index in [1.807, 2.05) is 0 Å². The summed E-state index contributed by atoms with van der Waals surface area (Å²) in [6.45, 7) is 11.1. The third-order valence-electron chi connectivity index (χ3n) is 0.871. The molecule has 0 fully saturated rings. The fraction of sp³-hybridized carbons (Fsp3) is 0.429. The normalized spacial score (nSPS) is 11.0. The van der Waals surface area contributed by atoms with E-state index in [9.17, 15) is 0 Å². The third kappa shape index (κ3) is 13.2. The van der Waals surface area contributed by atoms with Gasteiger partial charge in [0.1, 0.15) is 0 Å². The van der Waals surface area contributed by atoms with E-state index in [1.54, 1.807) is 0 Å². The first kappa shape index (κ1) is 17.3. The molecule has 2 radical (unpaired) electrons. The molecule has 0 aliphatic rings. The summed E-state index contributed by atoms with van der Waals surface area (Å²) in [4.78, 5) is 0. The van der Waals surface area contributed by atoms with Crippen molar-refractivity contribution in [1.29, 1.82) is 0 Å². The van der Waals surface area contributed by atoms with E-state index >= 15 is 0 Å². The maximum atomic E-state index is 3.79. The average molecular weight is 274 g/mol. The monoisotopic (exact) mass is 274 g/mol. The van der Waals surface area contributed by atoms with Crippen molar-refractivity contribution in [3.63, 3.8) is 0 Å². The molecule has 0 rings (SSSR count). The molecule has 0 bridgehead atoms. The summed E-state index contributed by atoms with van der Waals surface area (Å²) < 4.78 is 0. The summed E-state index contributed by atoms with van der Waals surface area (Å²) in [5.41, 5.74) is 0. The van der Waals surface area contributed by atoms with Gasteiger partial charge in [0.15, 0.2) is 0 Å². The van der Waals surface area contributed by atoms with E-state index in [1.165, 1.54) is 0 Å². The molecular formula is C7H12Y2-4. The van der Waals surface area contributed by atoms with Crippen LogP contribution in [0.5, 0.6) is 0 Å². The molecule has 0 amide bonds. The van der Waals surface area contributed by atoms with Gasteiger partial charge >= 0.3 is 0 Å². The van der Waals surface area contributed by atoms with Crippen LogP contribution in [0.2, 0.25) is 0 Å². The molecule has 0 N–H and O–H groups in total. The molecule has 0 aromatic heterocycles. The van der Waals surface area contributed by atoms with Crippen molar-refractivity contribution in [2.75, 3.05) is 0 Å². The minimum Gasteiger partial charge on any atom is -0.386 e. The van der Waals surface area contributed by atoms with E-state index in [2.05, 4.69) is 27.2 Å². The Hall–Kier alpha value is 2.21. The first-order valence-electron chi connectivity index (χ1n) is 2.56. The summed E-state index contributed by atoms with van der Waals surface area (Å²) in [6.07, 6.45) is 3.81. The maximum absolute atomic E-state index is 3.79. The maximum Gasteiger partial charge on any atom is 0 e. The summed E-state index contributed by atoms with van der Waals surface area (Å²) in [5, 5.41) is 0. The third-order valence-corrected chi connectivity index (χ3v) is 0.871. The molecule has 0 saturated heterocycles. The zero-order valence-corrected chi connectivity index (χ0v) is 11.5. The van der Waals surface area contributed by atoms with Crippen molar-refractivity contribution in [1.82, 2.24) is 0 Å². The van der Waals surface area contributed by atoms with Gasteiger partial charge in [-0.1, -0.05) is 0 Å². The molecule has 50 valence electrons. The van der Waals surface area contributed by atoms with Gasteiger partial charge in [-0.15, -0.1) is 0 Å². The molecule has 0 spiro atoms. The molecular weight excluding hydrogens is 262 g/mol. The standard InChI is InChI=1S/C7H12.2Y/c1-4-6-7(3)5-2;;/h6-7H,1-5H2;;/q-4;;. The number of hydrogen-bond acceptors (Lipinski definition) is 0. The minimum absolute atomic E-state index is 0. The van der Waals surface area contributed by atoms with Crippen molar-refractivity contribution in [3.05, 3.63) is 27.2 Å². The number of hydrogen-bond donors (Lipinski definition) is 0. The first-order valence-corrected chi connectivity index (χ1v) is 2.56. The van der Waals surface area contributed by atoms with Crippen molar-refractivity contribution >= 4 is 0 Å². The summed E-state index contributed by atoms with van der Waals surface area (Å²) in [7, 11) is 0. The number of rotatable bonds is 3. The fourth-order valence-corrected chi connectivity index (χ4v) is 0.354. The predicted molar refractivity (Wildman–Crippen MR) is 33.1 cm³/mol. The van der Waals surface area contributed by atoms with Gasteiger partial charge in [-0.25, -0.2) is 6.42 Å². The van der Waals surface area contributed by atoms with Gasteiger partial charge in [0, 0.05) is 65.4 Å². The van der Waals surface area contributed by atoms with Gasteiger partial charge in [0.25, 0.3) is 0 Å². The van der Waals surface area contributed by atoms with Gasteiger partial charge < -0.3 is 39.5 Å². The van der Waals surface area contributed by atoms with Crippen molar-refractivity contribution < 1.29 is 65.4 Å². The molecule has 0 saturated carbocycles. The average Bonchev–Trinajstić information content (AvgIpc) is 1.68. The van der Waals surface area contributed by atoms with E-state index in [0.29, 0.717) is 5.92 Å². The van der Waals surface area contributed by atoms with Crippen LogP contribution in [0.4, 0.5) is 0 Å². The van der Waals surface area contributed by atoms with Crippen LogP contribution >= 0.6 is 0 Å². The van der Waals surface area contributed by atoms with E-state index in [-0.39, 0.29) is 65.4 Å². The smallest absolute Gasteiger partial charge is 0 e. The van der Waals surface area contributed by atoms with Gasteiger partial charge in [0.2, 0.25) is 0 Å². The molecule has 0 aromatic carbocycles. The van der Waals surface area contributed by atoms with Crippen LogP contribution in [-0.2, 0) is 65.4 Å². The Morgan fingerprint density at radius 3 is 1.78 bits per heavy atom. The molecule has 0 nitrogen and oxygen atoms in total. The summed E-state index contributed by atoms with van der Waals surface area (Å²) in [6, 6.07) is 0. The van der Waals surface area contributed by atoms with E-state index in [4.69, 9.17) is 0 Å². The Kier molecular flexibility index (Phi) is 24.7. The van der Waals surface area contributed by atoms with Gasteiger partial charge in [-0.05, 0) is 0 Å². The van der Waals surface area contributed by atoms with Gasteiger partial charge in [0.05, 0.1) is 0 Å². The van der Waals surface area contributed by atoms with Crippen LogP contribution < -0.4 is 0 Å². The van der Waals surface area contributed by atoms with Crippen LogP contribution in [0.1, 0.15) is 12.8 Å². The predicted octanol–water partition coefficient (Wildman–Crippen LogP) is 2.08. The second-order valence-electron chi connectivity index (χ2n) is 1.57. The molecule has 2 heteroatoms. The van der Waals surface area contributed by atoms with Gasteiger partial charge in [-0.3, -0.25) is 0 Å². The molecule has 1 unspecified atom stereocenters. The molecule has 9 heavy (non-hydrogen) atoms. The molecule has 0 aliphatic carbocycles. The topological polar surface area (TPSA) is 0 Å². The van der Waals surface area contributed by atoms with Crippen molar-refractivity contribution in [2.24, 2.45) is 5.92 Å². The Balaban J connectivity index is -0.000000180. The SMILES string of the molecule is [CH2-]C[CH-]C([CH2-])C[CH2-].[Y].[Y]. The van der Waals surface area contributed by atoms with Crippen LogP contribution in [0.3, 0.4) is 0 Å². The van der Waals surface area contributed by atoms with Crippen LogP contribution in [0.25, 0.3) is 0 Å². The summed E-state index contributed by atoms with van der Waals surface area (Å²) >= 11 is 0. The Morgan fingerprint density at radius 2 is 1.67 bits per heavy atom. The second kappa shape index (κ2) is 12.8. The van der Waals surface area contributed by atoms with Gasteiger partial charge in [-0.2, -0.15) is 0 Å². The zero-order chi connectivity index (χ0) is 5.70. The van der Waals surface area contributed by atoms with Crippen molar-refractivity contribution in [2.45, 2.75) is 12.8 Å². The summed E-state index contributed by atoms with van der Waals surface area (Å²) in [5.74, 6) is 0.400. The quantitative estimate of drug-likeness (QED) is 0.691. The Labute approximate surface area is 110 Å². The van der Waals surface area contributed by atoms with E-state index in [0.717, 1.165) is 12.8 Å². The minimum atomic E-state index is 0. The van der Waals surface area contributed by atoms with Crippen LogP contribution in [0, 0.1) is 33.1 Å². The Bertz CT molecular complexity index is 37.9. The first-order chi connectivity index (χ1) is 3.31.